The number of aliphatic carboxylic acids is 1. The van der Waals surface area contributed by atoms with Crippen LogP contribution in [0.2, 0.25) is 0 Å². The Labute approximate surface area is 149 Å². The first-order valence-corrected chi connectivity index (χ1v) is 8.98. The van der Waals surface area contributed by atoms with E-state index in [9.17, 15) is 9.59 Å². The monoisotopic (exact) mass is 350 g/mol. The molecule has 0 aliphatic carbocycles. The lowest BCUT2D eigenvalue weighted by Crippen LogP contribution is -2.37. The van der Waals surface area contributed by atoms with Gasteiger partial charge in [0.1, 0.15) is 6.04 Å². The van der Waals surface area contributed by atoms with E-state index < -0.39 is 12.0 Å². The van der Waals surface area contributed by atoms with Crippen molar-refractivity contribution in [2.75, 3.05) is 13.3 Å². The second-order valence-corrected chi connectivity index (χ2v) is 6.12. The van der Waals surface area contributed by atoms with Crippen molar-refractivity contribution in [2.45, 2.75) is 57.9 Å². The minimum Gasteiger partial charge on any atom is -0.480 e. The molecule has 0 saturated carbocycles. The second kappa shape index (κ2) is 12.4. The highest BCUT2D eigenvalue weighted by Gasteiger charge is 2.15. The number of carboxylic acids is 1. The van der Waals surface area contributed by atoms with Crippen LogP contribution in [0, 0.1) is 0 Å². The average molecular weight is 350 g/mol. The van der Waals surface area contributed by atoms with Crippen LogP contribution in [0.15, 0.2) is 24.3 Å². The molecule has 4 N–H and O–H groups in total. The van der Waals surface area contributed by atoms with Crippen molar-refractivity contribution in [3.05, 3.63) is 35.4 Å². The number of carbonyl (C=O) groups excluding carboxylic acids is 1. The molecule has 0 aromatic heterocycles. The molecule has 1 unspecified atom stereocenters. The zero-order valence-electron chi connectivity index (χ0n) is 15.0. The Morgan fingerprint density at radius 1 is 1.08 bits per heavy atom. The van der Waals surface area contributed by atoms with E-state index in [1.54, 1.807) is 0 Å². The van der Waals surface area contributed by atoms with Crippen LogP contribution in [0.1, 0.15) is 50.2 Å². The Morgan fingerprint density at radius 3 is 2.36 bits per heavy atom. The van der Waals surface area contributed by atoms with Crippen molar-refractivity contribution >= 4 is 11.9 Å². The predicted octanol–water partition coefficient (Wildman–Crippen LogP) is 1.85. The van der Waals surface area contributed by atoms with Crippen LogP contribution in [0.25, 0.3) is 0 Å². The molecule has 0 radical (unpaired) electrons. The van der Waals surface area contributed by atoms with Crippen LogP contribution in [0.4, 0.5) is 0 Å². The molecule has 0 heterocycles. The molecule has 140 valence electrons. The molecule has 0 bridgehead atoms. The van der Waals surface area contributed by atoms with E-state index >= 15 is 0 Å². The van der Waals surface area contributed by atoms with Gasteiger partial charge >= 0.3 is 5.97 Å². The Hall–Kier alpha value is -1.92. The van der Waals surface area contributed by atoms with Crippen molar-refractivity contribution in [3.63, 3.8) is 0 Å². The fourth-order valence-electron chi connectivity index (χ4n) is 2.61. The van der Waals surface area contributed by atoms with Gasteiger partial charge in [-0.15, -0.1) is 0 Å². The third kappa shape index (κ3) is 9.22. The van der Waals surface area contributed by atoms with Crippen molar-refractivity contribution in [1.29, 1.82) is 0 Å². The first-order chi connectivity index (χ1) is 12.1. The molecule has 0 aliphatic heterocycles. The number of hydrogen-bond donors (Lipinski definition) is 4. The van der Waals surface area contributed by atoms with Crippen LogP contribution in [0.5, 0.6) is 0 Å². The van der Waals surface area contributed by atoms with Crippen molar-refractivity contribution < 1.29 is 19.8 Å². The number of benzene rings is 1. The maximum absolute atomic E-state index is 11.8. The number of aryl methyl sites for hydroxylation is 2. The lowest BCUT2D eigenvalue weighted by Gasteiger charge is -2.12. The van der Waals surface area contributed by atoms with Gasteiger partial charge in [-0.1, -0.05) is 31.2 Å². The van der Waals surface area contributed by atoms with Crippen molar-refractivity contribution in [1.82, 2.24) is 10.6 Å². The molecular weight excluding hydrogens is 320 g/mol. The molecule has 1 atom stereocenters. The van der Waals surface area contributed by atoms with E-state index in [2.05, 4.69) is 41.8 Å². The van der Waals surface area contributed by atoms with Gasteiger partial charge in [0, 0.05) is 13.0 Å². The van der Waals surface area contributed by atoms with Gasteiger partial charge in [-0.05, 0) is 49.7 Å². The fraction of sp³-hybridized carbons (Fsp3) is 0.579. The topological polar surface area (TPSA) is 98.7 Å². The number of aliphatic hydroxyl groups is 1. The Kier molecular flexibility index (Phi) is 10.5. The lowest BCUT2D eigenvalue weighted by atomic mass is 10.0. The zero-order valence-corrected chi connectivity index (χ0v) is 15.0. The summed E-state index contributed by atoms with van der Waals surface area (Å²) < 4.78 is 0. The Bertz CT molecular complexity index is 517. The van der Waals surface area contributed by atoms with Crippen LogP contribution in [0.3, 0.4) is 0 Å². The van der Waals surface area contributed by atoms with Gasteiger partial charge < -0.3 is 15.5 Å². The maximum atomic E-state index is 11.8. The number of nitrogens with one attached hydrogen (secondary N) is 2. The first-order valence-electron chi connectivity index (χ1n) is 8.98. The second-order valence-electron chi connectivity index (χ2n) is 6.12. The van der Waals surface area contributed by atoms with Gasteiger partial charge in [0.15, 0.2) is 0 Å². The summed E-state index contributed by atoms with van der Waals surface area (Å²) in [5, 5.41) is 23.0. The van der Waals surface area contributed by atoms with Gasteiger partial charge in [0.25, 0.3) is 0 Å². The number of amides is 1. The molecule has 0 aliphatic rings. The minimum absolute atomic E-state index is 0.0356. The summed E-state index contributed by atoms with van der Waals surface area (Å²) in [6, 6.07) is 7.77. The van der Waals surface area contributed by atoms with Gasteiger partial charge in [-0.2, -0.15) is 0 Å². The zero-order chi connectivity index (χ0) is 18.5. The van der Waals surface area contributed by atoms with Crippen LogP contribution >= 0.6 is 0 Å². The van der Waals surface area contributed by atoms with E-state index in [4.69, 9.17) is 10.2 Å². The number of carbonyl (C=O) groups is 2. The molecule has 1 rings (SSSR count). The van der Waals surface area contributed by atoms with Crippen LogP contribution in [-0.4, -0.2) is 41.4 Å². The largest absolute Gasteiger partial charge is 0.480 e. The summed E-state index contributed by atoms with van der Waals surface area (Å²) in [6.45, 7) is 2.33. The number of carboxylic acid groups (broad SMARTS) is 1. The number of hydrogen-bond acceptors (Lipinski definition) is 4. The number of rotatable bonds is 13. The number of aliphatic hydroxyl groups excluding tert-OH is 1. The summed E-state index contributed by atoms with van der Waals surface area (Å²) >= 11 is 0. The molecular formula is C19H30N2O4. The van der Waals surface area contributed by atoms with E-state index in [1.807, 2.05) is 0 Å². The summed E-state index contributed by atoms with van der Waals surface area (Å²) in [4.78, 5) is 22.7. The third-order valence-corrected chi connectivity index (χ3v) is 4.18. The molecule has 1 aromatic rings. The molecule has 6 nitrogen and oxygen atoms in total. The summed E-state index contributed by atoms with van der Waals surface area (Å²) in [6.07, 6.45) is 5.07. The van der Waals surface area contributed by atoms with Gasteiger partial charge in [-0.25, -0.2) is 0 Å². The predicted molar refractivity (Wildman–Crippen MR) is 97.3 cm³/mol. The molecule has 0 saturated heterocycles. The normalized spacial score (nSPS) is 11.9. The third-order valence-electron chi connectivity index (χ3n) is 4.18. The summed E-state index contributed by atoms with van der Waals surface area (Å²) in [5.41, 5.74) is 2.57. The molecule has 6 heteroatoms. The van der Waals surface area contributed by atoms with E-state index in [0.717, 1.165) is 25.7 Å². The first kappa shape index (κ1) is 21.1. The van der Waals surface area contributed by atoms with Crippen LogP contribution < -0.4 is 10.6 Å². The Morgan fingerprint density at radius 2 is 1.76 bits per heavy atom. The van der Waals surface area contributed by atoms with E-state index in [0.29, 0.717) is 25.8 Å². The highest BCUT2D eigenvalue weighted by Crippen LogP contribution is 2.08. The standard InChI is InChI=1S/C19H30N2O4/c1-2-15-9-11-16(12-10-15)6-5-8-18(23)20-13-4-3-7-17(19(24)25)21-14-22/h9-12,17,21-22H,2-8,13-14H2,1H3,(H,20,23)(H,24,25). The fourth-order valence-corrected chi connectivity index (χ4v) is 2.61. The highest BCUT2D eigenvalue weighted by molar-refractivity contribution is 5.75. The SMILES string of the molecule is CCc1ccc(CCCC(=O)NCCCCC(NCO)C(=O)O)cc1. The quantitative estimate of drug-likeness (QED) is 0.321. The van der Waals surface area contributed by atoms with Crippen molar-refractivity contribution in [2.24, 2.45) is 0 Å². The lowest BCUT2D eigenvalue weighted by molar-refractivity contribution is -0.140. The average Bonchev–Trinajstić information content (AvgIpc) is 2.61. The van der Waals surface area contributed by atoms with E-state index in [-0.39, 0.29) is 12.6 Å². The molecule has 1 amide bonds. The number of unbranched alkanes of at least 4 members (excludes halogenated alkanes) is 1. The van der Waals surface area contributed by atoms with Gasteiger partial charge in [0.05, 0.1) is 6.73 Å². The highest BCUT2D eigenvalue weighted by atomic mass is 16.4. The molecule has 1 aromatic carbocycles. The summed E-state index contributed by atoms with van der Waals surface area (Å²) in [5.74, 6) is -0.932. The Balaban J connectivity index is 2.09. The molecule has 0 fully saturated rings. The maximum Gasteiger partial charge on any atom is 0.320 e. The summed E-state index contributed by atoms with van der Waals surface area (Å²) in [7, 11) is 0. The van der Waals surface area contributed by atoms with E-state index in [1.165, 1.54) is 11.1 Å². The van der Waals surface area contributed by atoms with Crippen LogP contribution in [-0.2, 0) is 22.4 Å². The molecule has 25 heavy (non-hydrogen) atoms. The van der Waals surface area contributed by atoms with Gasteiger partial charge in [-0.3, -0.25) is 14.9 Å². The van der Waals surface area contributed by atoms with Crippen molar-refractivity contribution in [3.8, 4) is 0 Å². The smallest absolute Gasteiger partial charge is 0.320 e. The molecule has 0 spiro atoms. The minimum atomic E-state index is -0.968. The van der Waals surface area contributed by atoms with Gasteiger partial charge in [0.2, 0.25) is 5.91 Å².